The Bertz CT molecular complexity index is 1380. The number of piperidine rings is 1. The van der Waals surface area contributed by atoms with Gasteiger partial charge in [0.1, 0.15) is 22.8 Å². The number of hydrogen-bond donors (Lipinski definition) is 0. The summed E-state index contributed by atoms with van der Waals surface area (Å²) in [5.41, 5.74) is 4.37. The van der Waals surface area contributed by atoms with Gasteiger partial charge in [-0.05, 0) is 66.1 Å². The van der Waals surface area contributed by atoms with E-state index < -0.39 is 5.60 Å². The SMILES string of the molecule is COc1ccc(CC2(Cc3ccc(OC)cc3)C=Cc3c(cc(N4CCCCC4)c4ccccc34)O2)cc1. The molecule has 1 saturated heterocycles. The van der Waals surface area contributed by atoms with E-state index in [2.05, 4.69) is 71.6 Å². The molecule has 6 rings (SSSR count). The highest BCUT2D eigenvalue weighted by atomic mass is 16.5. The van der Waals surface area contributed by atoms with Crippen LogP contribution in [0, 0.1) is 0 Å². The van der Waals surface area contributed by atoms with Crippen molar-refractivity contribution in [2.75, 3.05) is 32.2 Å². The molecule has 0 N–H and O–H groups in total. The zero-order valence-electron chi connectivity index (χ0n) is 22.3. The smallest absolute Gasteiger partial charge is 0.135 e. The van der Waals surface area contributed by atoms with Gasteiger partial charge in [0.25, 0.3) is 0 Å². The molecule has 194 valence electrons. The average molecular weight is 506 g/mol. The minimum absolute atomic E-state index is 0.516. The molecule has 0 saturated carbocycles. The first kappa shape index (κ1) is 24.4. The van der Waals surface area contributed by atoms with Gasteiger partial charge in [-0.25, -0.2) is 0 Å². The number of rotatable bonds is 7. The van der Waals surface area contributed by atoms with E-state index in [1.807, 2.05) is 24.3 Å². The molecule has 0 bridgehead atoms. The van der Waals surface area contributed by atoms with Crippen LogP contribution in [0.25, 0.3) is 16.8 Å². The van der Waals surface area contributed by atoms with Crippen LogP contribution in [-0.2, 0) is 12.8 Å². The van der Waals surface area contributed by atoms with Crippen LogP contribution in [0.2, 0.25) is 0 Å². The Kier molecular flexibility index (Phi) is 6.71. The summed E-state index contributed by atoms with van der Waals surface area (Å²) in [5.74, 6) is 2.69. The van der Waals surface area contributed by atoms with E-state index in [0.717, 1.165) is 43.2 Å². The number of ether oxygens (including phenoxy) is 3. The summed E-state index contributed by atoms with van der Waals surface area (Å²) in [7, 11) is 3.41. The van der Waals surface area contributed by atoms with E-state index in [0.29, 0.717) is 0 Å². The molecule has 0 aromatic heterocycles. The molecule has 4 aromatic carbocycles. The van der Waals surface area contributed by atoms with Crippen molar-refractivity contribution in [1.29, 1.82) is 0 Å². The molecule has 2 aliphatic heterocycles. The molecule has 1 fully saturated rings. The Hall–Kier alpha value is -3.92. The van der Waals surface area contributed by atoms with E-state index in [9.17, 15) is 0 Å². The summed E-state index contributed by atoms with van der Waals surface area (Å²) in [5, 5.41) is 2.56. The fourth-order valence-electron chi connectivity index (χ4n) is 5.93. The largest absolute Gasteiger partial charge is 0.497 e. The molecular weight excluding hydrogens is 470 g/mol. The molecule has 0 amide bonds. The second-order valence-corrected chi connectivity index (χ2v) is 10.5. The van der Waals surface area contributed by atoms with Crippen LogP contribution in [0.3, 0.4) is 0 Å². The van der Waals surface area contributed by atoms with Crippen LogP contribution < -0.4 is 19.1 Å². The first-order valence-corrected chi connectivity index (χ1v) is 13.6. The molecule has 0 atom stereocenters. The lowest BCUT2D eigenvalue weighted by atomic mass is 9.84. The van der Waals surface area contributed by atoms with Gasteiger partial charge in [-0.2, -0.15) is 0 Å². The van der Waals surface area contributed by atoms with E-state index in [1.165, 1.54) is 52.4 Å². The Morgan fingerprint density at radius 1 is 0.737 bits per heavy atom. The number of benzene rings is 4. The molecule has 38 heavy (non-hydrogen) atoms. The molecule has 0 aliphatic carbocycles. The summed E-state index contributed by atoms with van der Waals surface area (Å²) < 4.78 is 17.9. The quantitative estimate of drug-likeness (QED) is 0.261. The first-order valence-electron chi connectivity index (χ1n) is 13.6. The maximum Gasteiger partial charge on any atom is 0.135 e. The minimum Gasteiger partial charge on any atom is -0.497 e. The van der Waals surface area contributed by atoms with Crippen LogP contribution in [0.5, 0.6) is 17.2 Å². The fraction of sp³-hybridized carbons (Fsp3) is 0.294. The van der Waals surface area contributed by atoms with Crippen LogP contribution in [0.15, 0.2) is 84.9 Å². The second kappa shape index (κ2) is 10.4. The molecule has 0 radical (unpaired) electrons. The first-order chi connectivity index (χ1) is 18.7. The summed E-state index contributed by atoms with van der Waals surface area (Å²) in [6.45, 7) is 2.20. The van der Waals surface area contributed by atoms with Gasteiger partial charge in [0.2, 0.25) is 0 Å². The average Bonchev–Trinajstić information content (AvgIpc) is 2.98. The van der Waals surface area contributed by atoms with Crippen LogP contribution in [0.1, 0.15) is 36.0 Å². The zero-order valence-corrected chi connectivity index (χ0v) is 22.3. The molecule has 4 nitrogen and oxygen atoms in total. The van der Waals surface area contributed by atoms with Crippen molar-refractivity contribution in [2.45, 2.75) is 37.7 Å². The van der Waals surface area contributed by atoms with Gasteiger partial charge < -0.3 is 19.1 Å². The molecular formula is C34H35NO3. The van der Waals surface area contributed by atoms with Crippen molar-refractivity contribution >= 4 is 22.5 Å². The lowest BCUT2D eigenvalue weighted by molar-refractivity contribution is 0.118. The number of fused-ring (bicyclic) bond motifs is 3. The summed E-state index contributed by atoms with van der Waals surface area (Å²) in [4.78, 5) is 2.54. The van der Waals surface area contributed by atoms with Crippen LogP contribution in [-0.4, -0.2) is 32.9 Å². The Morgan fingerprint density at radius 3 is 1.89 bits per heavy atom. The van der Waals surface area contributed by atoms with Crippen molar-refractivity contribution in [3.05, 3.63) is 102 Å². The normalized spacial score (nSPS) is 16.1. The number of nitrogens with zero attached hydrogens (tertiary/aromatic N) is 1. The Morgan fingerprint density at radius 2 is 1.32 bits per heavy atom. The molecule has 4 heteroatoms. The van der Waals surface area contributed by atoms with E-state index >= 15 is 0 Å². The van der Waals surface area contributed by atoms with Crippen molar-refractivity contribution in [2.24, 2.45) is 0 Å². The lowest BCUT2D eigenvalue weighted by Gasteiger charge is -2.37. The topological polar surface area (TPSA) is 30.9 Å². The third kappa shape index (κ3) is 4.83. The predicted molar refractivity (Wildman–Crippen MR) is 156 cm³/mol. The number of hydrogen-bond acceptors (Lipinski definition) is 4. The van der Waals surface area contributed by atoms with E-state index in [1.54, 1.807) is 14.2 Å². The second-order valence-electron chi connectivity index (χ2n) is 10.5. The van der Waals surface area contributed by atoms with Gasteiger partial charge in [-0.1, -0.05) is 54.6 Å². The highest BCUT2D eigenvalue weighted by molar-refractivity contribution is 6.02. The van der Waals surface area contributed by atoms with Crippen molar-refractivity contribution in [3.8, 4) is 17.2 Å². The highest BCUT2D eigenvalue weighted by Gasteiger charge is 2.35. The molecule has 2 aliphatic rings. The lowest BCUT2D eigenvalue weighted by Crippen LogP contribution is -2.40. The van der Waals surface area contributed by atoms with Crippen molar-refractivity contribution in [1.82, 2.24) is 0 Å². The predicted octanol–water partition coefficient (Wildman–Crippen LogP) is 7.48. The molecule has 0 unspecified atom stereocenters. The summed E-state index contributed by atoms with van der Waals surface area (Å²) in [6.07, 6.45) is 9.86. The van der Waals surface area contributed by atoms with Gasteiger partial charge in [-0.3, -0.25) is 0 Å². The summed E-state index contributed by atoms with van der Waals surface area (Å²) >= 11 is 0. The highest BCUT2D eigenvalue weighted by Crippen LogP contribution is 2.43. The molecule has 0 spiro atoms. The maximum absolute atomic E-state index is 7.10. The monoisotopic (exact) mass is 505 g/mol. The minimum atomic E-state index is -0.516. The van der Waals surface area contributed by atoms with Crippen molar-refractivity contribution < 1.29 is 14.2 Å². The van der Waals surface area contributed by atoms with Gasteiger partial charge in [0, 0.05) is 48.6 Å². The Balaban J connectivity index is 1.42. The Labute approximate surface area is 225 Å². The maximum atomic E-state index is 7.10. The van der Waals surface area contributed by atoms with Crippen molar-refractivity contribution in [3.63, 3.8) is 0 Å². The zero-order chi connectivity index (χ0) is 26.0. The molecule has 2 heterocycles. The van der Waals surface area contributed by atoms with Crippen LogP contribution >= 0.6 is 0 Å². The van der Waals surface area contributed by atoms with Crippen LogP contribution in [0.4, 0.5) is 5.69 Å². The number of methoxy groups -OCH3 is 2. The standard InChI is InChI=1S/C34H35NO3/c1-36-27-14-10-25(11-15-27)23-34(24-26-12-16-28(37-2)17-13-26)19-18-31-29-8-4-5-9-30(29)32(22-33(31)38-34)35-20-6-3-7-21-35/h4-5,8-19,22H,3,6-7,20-21,23-24H2,1-2H3. The third-order valence-corrected chi connectivity index (χ3v) is 7.91. The van der Waals surface area contributed by atoms with Gasteiger partial charge >= 0.3 is 0 Å². The third-order valence-electron chi connectivity index (χ3n) is 7.91. The van der Waals surface area contributed by atoms with E-state index in [-0.39, 0.29) is 0 Å². The van der Waals surface area contributed by atoms with E-state index in [4.69, 9.17) is 14.2 Å². The number of anilines is 1. The van der Waals surface area contributed by atoms with Gasteiger partial charge in [-0.15, -0.1) is 0 Å². The summed E-state index contributed by atoms with van der Waals surface area (Å²) in [6, 6.07) is 27.7. The van der Waals surface area contributed by atoms with Gasteiger partial charge in [0.05, 0.1) is 14.2 Å². The molecule has 4 aromatic rings. The van der Waals surface area contributed by atoms with Gasteiger partial charge in [0.15, 0.2) is 0 Å². The fourth-order valence-corrected chi connectivity index (χ4v) is 5.93.